The fourth-order valence-corrected chi connectivity index (χ4v) is 1.24. The van der Waals surface area contributed by atoms with Crippen molar-refractivity contribution in [2.45, 2.75) is 13.0 Å². The molecule has 1 saturated heterocycles. The van der Waals surface area contributed by atoms with Crippen molar-refractivity contribution >= 4 is 6.03 Å². The molecule has 4 nitrogen and oxygen atoms in total. The number of hydrogen-bond acceptors (Lipinski definition) is 2. The van der Waals surface area contributed by atoms with Crippen LogP contribution in [0.4, 0.5) is 4.79 Å². The van der Waals surface area contributed by atoms with E-state index in [-0.39, 0.29) is 18.7 Å². The molecule has 1 rings (SSSR count). The molecule has 0 aliphatic carbocycles. The first-order valence-electron chi connectivity index (χ1n) is 3.79. The lowest BCUT2D eigenvalue weighted by Crippen LogP contribution is -2.31. The highest BCUT2D eigenvalue weighted by molar-refractivity contribution is 5.76. The molecule has 0 radical (unpaired) electrons. The molecule has 0 aromatic rings. The van der Waals surface area contributed by atoms with Gasteiger partial charge in [-0.15, -0.1) is 0 Å². The van der Waals surface area contributed by atoms with Gasteiger partial charge in [0.1, 0.15) is 0 Å². The zero-order chi connectivity index (χ0) is 8.43. The average Bonchev–Trinajstić information content (AvgIpc) is 2.19. The predicted octanol–water partition coefficient (Wildman–Crippen LogP) is -0.265. The summed E-state index contributed by atoms with van der Waals surface area (Å²) in [7, 11) is 1.78. The van der Waals surface area contributed by atoms with E-state index in [2.05, 4.69) is 0 Å². The van der Waals surface area contributed by atoms with Crippen molar-refractivity contribution in [2.24, 2.45) is 0 Å². The Bertz CT molecular complexity index is 161. The number of urea groups is 1. The maximum absolute atomic E-state index is 11.2. The Morgan fingerprint density at radius 2 is 2.36 bits per heavy atom. The molecule has 1 atom stereocenters. The third-order valence-corrected chi connectivity index (χ3v) is 2.09. The molecule has 4 heteroatoms. The van der Waals surface area contributed by atoms with E-state index in [4.69, 9.17) is 5.11 Å². The molecular formula is C7H14N2O2. The van der Waals surface area contributed by atoms with Crippen molar-refractivity contribution in [3.63, 3.8) is 0 Å². The largest absolute Gasteiger partial charge is 0.395 e. The van der Waals surface area contributed by atoms with Gasteiger partial charge in [0.15, 0.2) is 0 Å². The van der Waals surface area contributed by atoms with E-state index in [0.29, 0.717) is 6.54 Å². The maximum Gasteiger partial charge on any atom is 0.320 e. The first-order valence-corrected chi connectivity index (χ1v) is 3.79. The summed E-state index contributed by atoms with van der Waals surface area (Å²) in [4.78, 5) is 14.6. The van der Waals surface area contributed by atoms with Gasteiger partial charge in [0.05, 0.1) is 6.61 Å². The molecule has 64 valence electrons. The Morgan fingerprint density at radius 1 is 1.73 bits per heavy atom. The lowest BCUT2D eigenvalue weighted by Gasteiger charge is -2.13. The zero-order valence-corrected chi connectivity index (χ0v) is 6.95. The summed E-state index contributed by atoms with van der Waals surface area (Å²) in [5, 5.41) is 8.60. The molecule has 1 fully saturated rings. The van der Waals surface area contributed by atoms with Crippen LogP contribution < -0.4 is 0 Å². The fraction of sp³-hybridized carbons (Fsp3) is 0.857. The van der Waals surface area contributed by atoms with Crippen molar-refractivity contribution < 1.29 is 9.90 Å². The number of amides is 2. The maximum atomic E-state index is 11.2. The summed E-state index contributed by atoms with van der Waals surface area (Å²) in [5.41, 5.74) is 0. The zero-order valence-electron chi connectivity index (χ0n) is 6.95. The van der Waals surface area contributed by atoms with E-state index in [9.17, 15) is 4.79 Å². The van der Waals surface area contributed by atoms with Crippen LogP contribution in [0.3, 0.4) is 0 Å². The SMILES string of the molecule is CC1CN(CCO)C(=O)N1C. The normalized spacial score (nSPS) is 25.0. The number of carbonyl (C=O) groups excluding carboxylic acids is 1. The highest BCUT2D eigenvalue weighted by Gasteiger charge is 2.30. The van der Waals surface area contributed by atoms with Crippen molar-refractivity contribution in [3.05, 3.63) is 0 Å². The second-order valence-corrected chi connectivity index (χ2v) is 2.91. The molecule has 0 aromatic carbocycles. The molecule has 11 heavy (non-hydrogen) atoms. The Labute approximate surface area is 66.4 Å². The Kier molecular flexibility index (Phi) is 2.34. The topological polar surface area (TPSA) is 43.8 Å². The Balaban J connectivity index is 2.52. The second kappa shape index (κ2) is 3.09. The summed E-state index contributed by atoms with van der Waals surface area (Å²) < 4.78 is 0. The van der Waals surface area contributed by atoms with Crippen molar-refractivity contribution in [2.75, 3.05) is 26.7 Å². The van der Waals surface area contributed by atoms with E-state index < -0.39 is 0 Å². The minimum absolute atomic E-state index is 0.0200. The highest BCUT2D eigenvalue weighted by atomic mass is 16.3. The van der Waals surface area contributed by atoms with Gasteiger partial charge in [0.2, 0.25) is 0 Å². The molecule has 0 spiro atoms. The van der Waals surface area contributed by atoms with Crippen molar-refractivity contribution in [1.29, 1.82) is 0 Å². The van der Waals surface area contributed by atoms with E-state index in [0.717, 1.165) is 6.54 Å². The van der Waals surface area contributed by atoms with Crippen LogP contribution in [0.25, 0.3) is 0 Å². The van der Waals surface area contributed by atoms with Gasteiger partial charge < -0.3 is 14.9 Å². The summed E-state index contributed by atoms with van der Waals surface area (Å²) in [5.74, 6) is 0. The molecule has 1 aliphatic rings. The third-order valence-electron chi connectivity index (χ3n) is 2.09. The number of aliphatic hydroxyl groups is 1. The monoisotopic (exact) mass is 158 g/mol. The molecule has 0 saturated carbocycles. The molecule has 2 amide bonds. The van der Waals surface area contributed by atoms with Crippen LogP contribution in [0.2, 0.25) is 0 Å². The molecule has 0 aromatic heterocycles. The molecule has 1 heterocycles. The van der Waals surface area contributed by atoms with Gasteiger partial charge >= 0.3 is 6.03 Å². The minimum Gasteiger partial charge on any atom is -0.395 e. The van der Waals surface area contributed by atoms with E-state index in [1.807, 2.05) is 6.92 Å². The van der Waals surface area contributed by atoms with Crippen molar-refractivity contribution in [1.82, 2.24) is 9.80 Å². The van der Waals surface area contributed by atoms with E-state index >= 15 is 0 Å². The number of likely N-dealkylation sites (N-methyl/N-ethyl adjacent to an activating group) is 1. The third kappa shape index (κ3) is 1.45. The van der Waals surface area contributed by atoms with Gasteiger partial charge in [-0.2, -0.15) is 0 Å². The first-order chi connectivity index (χ1) is 5.16. The van der Waals surface area contributed by atoms with Crippen LogP contribution in [0.15, 0.2) is 0 Å². The van der Waals surface area contributed by atoms with Gasteiger partial charge in [-0.05, 0) is 6.92 Å². The van der Waals surface area contributed by atoms with Crippen LogP contribution in [0.1, 0.15) is 6.92 Å². The highest BCUT2D eigenvalue weighted by Crippen LogP contribution is 2.11. The predicted molar refractivity (Wildman–Crippen MR) is 41.3 cm³/mol. The molecular weight excluding hydrogens is 144 g/mol. The van der Waals surface area contributed by atoms with Crippen LogP contribution in [-0.2, 0) is 0 Å². The summed E-state index contributed by atoms with van der Waals surface area (Å²) in [6, 6.07) is 0.292. The summed E-state index contributed by atoms with van der Waals surface area (Å²) in [6.45, 7) is 3.23. The van der Waals surface area contributed by atoms with Gasteiger partial charge in [0, 0.05) is 26.2 Å². The number of aliphatic hydroxyl groups excluding tert-OH is 1. The smallest absolute Gasteiger partial charge is 0.320 e. The van der Waals surface area contributed by atoms with Crippen LogP contribution in [0.5, 0.6) is 0 Å². The number of nitrogens with zero attached hydrogens (tertiary/aromatic N) is 2. The summed E-state index contributed by atoms with van der Waals surface area (Å²) >= 11 is 0. The van der Waals surface area contributed by atoms with Gasteiger partial charge in [-0.3, -0.25) is 0 Å². The number of β-amino-alcohol motifs (C(OH)–C–C–N with tert-alkyl or cyclic N) is 1. The second-order valence-electron chi connectivity index (χ2n) is 2.91. The Hall–Kier alpha value is -0.770. The molecule has 1 unspecified atom stereocenters. The van der Waals surface area contributed by atoms with Gasteiger partial charge in [-0.1, -0.05) is 0 Å². The fourth-order valence-electron chi connectivity index (χ4n) is 1.24. The molecule has 1 aliphatic heterocycles. The standard InChI is InChI=1S/C7H14N2O2/c1-6-5-9(3-4-10)7(11)8(6)2/h6,10H,3-5H2,1-2H3. The van der Waals surface area contributed by atoms with Crippen molar-refractivity contribution in [3.8, 4) is 0 Å². The Morgan fingerprint density at radius 3 is 2.73 bits per heavy atom. The number of rotatable bonds is 2. The number of hydrogen-bond donors (Lipinski definition) is 1. The van der Waals surface area contributed by atoms with Crippen LogP contribution >= 0.6 is 0 Å². The first kappa shape index (κ1) is 8.33. The number of carbonyl (C=O) groups is 1. The lowest BCUT2D eigenvalue weighted by atomic mass is 10.3. The molecule has 0 bridgehead atoms. The average molecular weight is 158 g/mol. The quantitative estimate of drug-likeness (QED) is 0.601. The van der Waals surface area contributed by atoms with Gasteiger partial charge in [-0.25, -0.2) is 4.79 Å². The molecule has 1 N–H and O–H groups in total. The van der Waals surface area contributed by atoms with Crippen LogP contribution in [0, 0.1) is 0 Å². The van der Waals surface area contributed by atoms with Crippen LogP contribution in [-0.4, -0.2) is 53.7 Å². The summed E-state index contributed by atoms with van der Waals surface area (Å²) in [6.07, 6.45) is 0. The van der Waals surface area contributed by atoms with E-state index in [1.54, 1.807) is 16.8 Å². The van der Waals surface area contributed by atoms with Gasteiger partial charge in [0.25, 0.3) is 0 Å². The minimum atomic E-state index is 0.0200. The van der Waals surface area contributed by atoms with E-state index in [1.165, 1.54) is 0 Å². The lowest BCUT2D eigenvalue weighted by molar-refractivity contribution is 0.183.